The number of nitrogens with one attached hydrogen (secondary N) is 1. The molecule has 0 aromatic heterocycles. The number of hydrogen-bond donors (Lipinski definition) is 1. The van der Waals surface area contributed by atoms with E-state index < -0.39 is 10.0 Å². The van der Waals surface area contributed by atoms with E-state index in [0.29, 0.717) is 26.1 Å². The minimum atomic E-state index is -3.45. The summed E-state index contributed by atoms with van der Waals surface area (Å²) in [5.41, 5.74) is 0.751. The fourth-order valence-electron chi connectivity index (χ4n) is 3.71. The minimum Gasteiger partial charge on any atom is -0.355 e. The van der Waals surface area contributed by atoms with Crippen LogP contribution in [0.15, 0.2) is 29.2 Å². The third-order valence-electron chi connectivity index (χ3n) is 5.36. The summed E-state index contributed by atoms with van der Waals surface area (Å²) in [6.45, 7) is 3.11. The van der Waals surface area contributed by atoms with Crippen molar-refractivity contribution in [2.45, 2.75) is 49.8 Å². The highest BCUT2D eigenvalue weighted by Crippen LogP contribution is 2.21. The Bertz CT molecular complexity index is 780. The number of nitrogens with zero attached hydrogens (tertiary/aromatic N) is 2. The van der Waals surface area contributed by atoms with E-state index >= 15 is 0 Å². The van der Waals surface area contributed by atoms with Crippen LogP contribution in [0.1, 0.15) is 44.1 Å². The Balaban J connectivity index is 1.46. The lowest BCUT2D eigenvalue weighted by Gasteiger charge is -2.25. The van der Waals surface area contributed by atoms with E-state index in [1.54, 1.807) is 24.3 Å². The van der Waals surface area contributed by atoms with Gasteiger partial charge in [0, 0.05) is 39.1 Å². The molecule has 7 nitrogen and oxygen atoms in total. The van der Waals surface area contributed by atoms with E-state index in [2.05, 4.69) is 5.32 Å². The van der Waals surface area contributed by atoms with Crippen molar-refractivity contribution in [2.24, 2.45) is 0 Å². The highest BCUT2D eigenvalue weighted by atomic mass is 32.2. The summed E-state index contributed by atoms with van der Waals surface area (Å²) in [4.78, 5) is 26.2. The summed E-state index contributed by atoms with van der Waals surface area (Å²) in [6, 6.07) is 6.52. The molecule has 1 aromatic rings. The third kappa shape index (κ3) is 5.32. The molecular formula is C20H29N3O4S. The molecule has 0 saturated carbocycles. The number of hydrogen-bond acceptors (Lipinski definition) is 4. The van der Waals surface area contributed by atoms with Crippen LogP contribution in [-0.2, 0) is 26.0 Å². The zero-order valence-corrected chi connectivity index (χ0v) is 17.0. The molecule has 154 valence electrons. The highest BCUT2D eigenvalue weighted by Gasteiger charge is 2.25. The van der Waals surface area contributed by atoms with Gasteiger partial charge < -0.3 is 10.2 Å². The van der Waals surface area contributed by atoms with Crippen molar-refractivity contribution in [2.75, 3.05) is 32.7 Å². The second-order valence-electron chi connectivity index (χ2n) is 7.47. The van der Waals surface area contributed by atoms with Gasteiger partial charge in [0.25, 0.3) is 0 Å². The smallest absolute Gasteiger partial charge is 0.243 e. The summed E-state index contributed by atoms with van der Waals surface area (Å²) in [5.74, 6) is -0.0778. The standard InChI is InChI=1S/C20H29N3O4S/c24-19(21-11-10-20(25)22-12-4-5-13-22)16-17-6-8-18(9-7-17)28(26,27)23-14-2-1-3-15-23/h6-9H,1-5,10-16H2,(H,21,24). The molecule has 0 bridgehead atoms. The van der Waals surface area contributed by atoms with E-state index in [0.717, 1.165) is 50.8 Å². The number of amides is 2. The lowest BCUT2D eigenvalue weighted by atomic mass is 10.1. The van der Waals surface area contributed by atoms with Crippen molar-refractivity contribution in [1.29, 1.82) is 0 Å². The molecule has 2 amide bonds. The Hall–Kier alpha value is -1.93. The Morgan fingerprint density at radius 3 is 2.14 bits per heavy atom. The molecule has 1 N–H and O–H groups in total. The topological polar surface area (TPSA) is 86.8 Å². The Morgan fingerprint density at radius 1 is 0.893 bits per heavy atom. The Kier molecular flexibility index (Phi) is 7.07. The Labute approximate surface area is 167 Å². The van der Waals surface area contributed by atoms with Crippen molar-refractivity contribution in [3.8, 4) is 0 Å². The summed E-state index contributed by atoms with van der Waals surface area (Å²) in [5, 5.41) is 2.77. The molecule has 2 fully saturated rings. The number of sulfonamides is 1. The average Bonchev–Trinajstić information content (AvgIpc) is 3.24. The fourth-order valence-corrected chi connectivity index (χ4v) is 5.23. The summed E-state index contributed by atoms with van der Waals surface area (Å²) in [6.07, 6.45) is 5.48. The molecule has 2 aliphatic heterocycles. The van der Waals surface area contributed by atoms with Crippen LogP contribution in [0.25, 0.3) is 0 Å². The van der Waals surface area contributed by atoms with Crippen molar-refractivity contribution >= 4 is 21.8 Å². The molecular weight excluding hydrogens is 378 g/mol. The molecule has 2 heterocycles. The van der Waals surface area contributed by atoms with Crippen LogP contribution in [0.4, 0.5) is 0 Å². The first-order chi connectivity index (χ1) is 13.5. The van der Waals surface area contributed by atoms with E-state index in [1.165, 1.54) is 4.31 Å². The van der Waals surface area contributed by atoms with E-state index in [-0.39, 0.29) is 23.1 Å². The zero-order chi connectivity index (χ0) is 20.0. The molecule has 0 spiro atoms. The molecule has 1 aromatic carbocycles. The number of carbonyl (C=O) groups is 2. The quantitative estimate of drug-likeness (QED) is 0.743. The normalized spacial score (nSPS) is 18.2. The first kappa shape index (κ1) is 20.8. The van der Waals surface area contributed by atoms with Crippen LogP contribution in [-0.4, -0.2) is 62.2 Å². The largest absolute Gasteiger partial charge is 0.355 e. The predicted octanol–water partition coefficient (Wildman–Crippen LogP) is 1.53. The minimum absolute atomic E-state index is 0.0880. The van der Waals surface area contributed by atoms with Crippen LogP contribution in [0.5, 0.6) is 0 Å². The van der Waals surface area contributed by atoms with Gasteiger partial charge in [0.1, 0.15) is 0 Å². The fraction of sp³-hybridized carbons (Fsp3) is 0.600. The van der Waals surface area contributed by atoms with Crippen LogP contribution in [0.2, 0.25) is 0 Å². The molecule has 2 aliphatic rings. The maximum Gasteiger partial charge on any atom is 0.243 e. The third-order valence-corrected chi connectivity index (χ3v) is 7.27. The van der Waals surface area contributed by atoms with E-state index in [4.69, 9.17) is 0 Å². The van der Waals surface area contributed by atoms with Crippen molar-refractivity contribution in [1.82, 2.24) is 14.5 Å². The van der Waals surface area contributed by atoms with Crippen LogP contribution >= 0.6 is 0 Å². The first-order valence-electron chi connectivity index (χ1n) is 10.1. The maximum absolute atomic E-state index is 12.6. The van der Waals surface area contributed by atoms with Gasteiger partial charge in [0.2, 0.25) is 21.8 Å². The Morgan fingerprint density at radius 2 is 1.50 bits per heavy atom. The van der Waals surface area contributed by atoms with Gasteiger partial charge in [-0.3, -0.25) is 9.59 Å². The molecule has 0 aliphatic carbocycles. The number of rotatable bonds is 7. The molecule has 2 saturated heterocycles. The van der Waals surface area contributed by atoms with Gasteiger partial charge in [-0.2, -0.15) is 4.31 Å². The second-order valence-corrected chi connectivity index (χ2v) is 9.41. The van der Waals surface area contributed by atoms with Crippen molar-refractivity contribution in [3.63, 3.8) is 0 Å². The lowest BCUT2D eigenvalue weighted by Crippen LogP contribution is -2.35. The van der Waals surface area contributed by atoms with E-state index in [9.17, 15) is 18.0 Å². The van der Waals surface area contributed by atoms with Crippen LogP contribution < -0.4 is 5.32 Å². The molecule has 8 heteroatoms. The van der Waals surface area contributed by atoms with Gasteiger partial charge in [-0.05, 0) is 43.4 Å². The maximum atomic E-state index is 12.6. The SMILES string of the molecule is O=C(Cc1ccc(S(=O)(=O)N2CCCCC2)cc1)NCCC(=O)N1CCCC1. The van der Waals surface area contributed by atoms with Gasteiger partial charge in [-0.25, -0.2) is 8.42 Å². The lowest BCUT2D eigenvalue weighted by molar-refractivity contribution is -0.130. The number of benzene rings is 1. The molecule has 3 rings (SSSR count). The first-order valence-corrected chi connectivity index (χ1v) is 11.5. The summed E-state index contributed by atoms with van der Waals surface area (Å²) >= 11 is 0. The van der Waals surface area contributed by atoms with Gasteiger partial charge in [-0.1, -0.05) is 18.6 Å². The van der Waals surface area contributed by atoms with Gasteiger partial charge in [0.15, 0.2) is 0 Å². The van der Waals surface area contributed by atoms with Crippen LogP contribution in [0, 0.1) is 0 Å². The van der Waals surface area contributed by atoms with Crippen LogP contribution in [0.3, 0.4) is 0 Å². The number of likely N-dealkylation sites (tertiary alicyclic amines) is 1. The van der Waals surface area contributed by atoms with Gasteiger partial charge in [-0.15, -0.1) is 0 Å². The number of piperidine rings is 1. The molecule has 28 heavy (non-hydrogen) atoms. The number of carbonyl (C=O) groups excluding carboxylic acids is 2. The van der Waals surface area contributed by atoms with Crippen molar-refractivity contribution in [3.05, 3.63) is 29.8 Å². The summed E-state index contributed by atoms with van der Waals surface area (Å²) in [7, 11) is -3.45. The predicted molar refractivity (Wildman–Crippen MR) is 106 cm³/mol. The molecule has 0 radical (unpaired) electrons. The highest BCUT2D eigenvalue weighted by molar-refractivity contribution is 7.89. The average molecular weight is 408 g/mol. The molecule has 0 atom stereocenters. The zero-order valence-electron chi connectivity index (χ0n) is 16.2. The summed E-state index contributed by atoms with van der Waals surface area (Å²) < 4.78 is 26.8. The molecule has 0 unspecified atom stereocenters. The second kappa shape index (κ2) is 9.52. The monoisotopic (exact) mass is 407 g/mol. The van der Waals surface area contributed by atoms with Gasteiger partial charge in [0.05, 0.1) is 11.3 Å². The van der Waals surface area contributed by atoms with E-state index in [1.807, 2.05) is 4.90 Å². The van der Waals surface area contributed by atoms with Gasteiger partial charge >= 0.3 is 0 Å². The van der Waals surface area contributed by atoms with Crippen molar-refractivity contribution < 1.29 is 18.0 Å².